The van der Waals surface area contributed by atoms with Gasteiger partial charge >= 0.3 is 0 Å². The van der Waals surface area contributed by atoms with E-state index < -0.39 is 6.04 Å². The maximum atomic E-state index is 13.1. The van der Waals surface area contributed by atoms with Gasteiger partial charge in [-0.3, -0.25) is 9.59 Å². The molecule has 0 aromatic heterocycles. The van der Waals surface area contributed by atoms with Crippen molar-refractivity contribution in [1.82, 2.24) is 10.2 Å². The molecule has 0 radical (unpaired) electrons. The van der Waals surface area contributed by atoms with Crippen molar-refractivity contribution in [2.75, 3.05) is 6.61 Å². The molecule has 0 spiro atoms. The molecule has 1 atom stereocenters. The number of nitrogens with zero attached hydrogens (tertiary/aromatic N) is 1. The van der Waals surface area contributed by atoms with Crippen LogP contribution in [-0.4, -0.2) is 34.9 Å². The number of ether oxygens (including phenoxy) is 1. The van der Waals surface area contributed by atoms with Gasteiger partial charge in [0.25, 0.3) is 5.91 Å². The van der Waals surface area contributed by atoms with Crippen LogP contribution >= 0.6 is 11.6 Å². The largest absolute Gasteiger partial charge is 0.484 e. The van der Waals surface area contributed by atoms with Crippen LogP contribution in [-0.2, 0) is 16.1 Å². The molecule has 0 heterocycles. The summed E-state index contributed by atoms with van der Waals surface area (Å²) in [6, 6.07) is 14.2. The molecule has 6 heteroatoms. The lowest BCUT2D eigenvalue weighted by Gasteiger charge is -2.33. The van der Waals surface area contributed by atoms with Crippen molar-refractivity contribution in [2.45, 2.75) is 59.2 Å². The maximum absolute atomic E-state index is 13.1. The first-order valence-corrected chi connectivity index (χ1v) is 10.5. The molecule has 0 aliphatic carbocycles. The van der Waals surface area contributed by atoms with E-state index in [-0.39, 0.29) is 24.0 Å². The van der Waals surface area contributed by atoms with Gasteiger partial charge in [-0.05, 0) is 57.9 Å². The van der Waals surface area contributed by atoms with Gasteiger partial charge in [0.05, 0.1) is 0 Å². The number of halogens is 1. The highest BCUT2D eigenvalue weighted by atomic mass is 35.5. The fourth-order valence-electron chi connectivity index (χ4n) is 3.16. The molecule has 0 bridgehead atoms. The van der Waals surface area contributed by atoms with E-state index in [4.69, 9.17) is 16.3 Å². The van der Waals surface area contributed by atoms with E-state index in [0.717, 1.165) is 11.1 Å². The molecular weight excluding hydrogens is 400 g/mol. The Bertz CT molecular complexity index is 877. The number of nitrogens with one attached hydrogen (secondary N) is 1. The van der Waals surface area contributed by atoms with Crippen molar-refractivity contribution < 1.29 is 14.3 Å². The van der Waals surface area contributed by atoms with E-state index in [0.29, 0.717) is 23.7 Å². The summed E-state index contributed by atoms with van der Waals surface area (Å²) < 4.78 is 5.66. The SMILES string of the molecule is CCC(C(=O)NC(C)(C)C)N(Cc1cccc(C)c1)C(=O)COc1cccc(Cl)c1. The average Bonchev–Trinajstić information content (AvgIpc) is 2.64. The second-order valence-electron chi connectivity index (χ2n) is 8.42. The Labute approximate surface area is 184 Å². The molecule has 5 nitrogen and oxygen atoms in total. The third-order valence-electron chi connectivity index (χ3n) is 4.48. The van der Waals surface area contributed by atoms with Crippen LogP contribution in [0, 0.1) is 6.92 Å². The summed E-state index contributed by atoms with van der Waals surface area (Å²) in [5, 5.41) is 3.53. The first kappa shape index (κ1) is 23.7. The fourth-order valence-corrected chi connectivity index (χ4v) is 3.34. The van der Waals surface area contributed by atoms with Gasteiger partial charge in [-0.15, -0.1) is 0 Å². The average molecular weight is 431 g/mol. The Morgan fingerprint density at radius 2 is 1.83 bits per heavy atom. The normalized spacial score (nSPS) is 12.2. The summed E-state index contributed by atoms with van der Waals surface area (Å²) in [5.74, 6) is 0.0831. The minimum absolute atomic E-state index is 0.172. The minimum atomic E-state index is -0.597. The molecule has 1 N–H and O–H groups in total. The number of hydrogen-bond acceptors (Lipinski definition) is 3. The molecule has 0 saturated carbocycles. The van der Waals surface area contributed by atoms with Crippen molar-refractivity contribution in [2.24, 2.45) is 0 Å². The number of aryl methyl sites for hydroxylation is 1. The van der Waals surface area contributed by atoms with Gasteiger partial charge in [-0.2, -0.15) is 0 Å². The lowest BCUT2D eigenvalue weighted by molar-refractivity contribution is -0.143. The second-order valence-corrected chi connectivity index (χ2v) is 8.86. The van der Waals surface area contributed by atoms with Crippen LogP contribution in [0.4, 0.5) is 0 Å². The second kappa shape index (κ2) is 10.5. The molecule has 30 heavy (non-hydrogen) atoms. The number of amides is 2. The summed E-state index contributed by atoms with van der Waals surface area (Å²) in [7, 11) is 0. The van der Waals surface area contributed by atoms with Gasteiger partial charge in [-0.1, -0.05) is 54.4 Å². The van der Waals surface area contributed by atoms with Crippen molar-refractivity contribution in [1.29, 1.82) is 0 Å². The highest BCUT2D eigenvalue weighted by Gasteiger charge is 2.30. The zero-order chi connectivity index (χ0) is 22.3. The van der Waals surface area contributed by atoms with E-state index >= 15 is 0 Å². The molecule has 0 fully saturated rings. The monoisotopic (exact) mass is 430 g/mol. The molecule has 2 rings (SSSR count). The van der Waals surface area contributed by atoms with Crippen molar-refractivity contribution >= 4 is 23.4 Å². The van der Waals surface area contributed by atoms with E-state index in [2.05, 4.69) is 5.32 Å². The summed E-state index contributed by atoms with van der Waals surface area (Å²) in [4.78, 5) is 27.7. The predicted octanol–water partition coefficient (Wildman–Crippen LogP) is 4.75. The molecule has 0 aliphatic heterocycles. The van der Waals surface area contributed by atoms with Gasteiger partial charge in [-0.25, -0.2) is 0 Å². The highest BCUT2D eigenvalue weighted by Crippen LogP contribution is 2.19. The molecule has 1 unspecified atom stereocenters. The predicted molar refractivity (Wildman–Crippen MR) is 121 cm³/mol. The van der Waals surface area contributed by atoms with Gasteiger partial charge in [0.2, 0.25) is 5.91 Å². The van der Waals surface area contributed by atoms with Crippen molar-refractivity contribution in [3.05, 3.63) is 64.7 Å². The topological polar surface area (TPSA) is 58.6 Å². The number of carbonyl (C=O) groups is 2. The van der Waals surface area contributed by atoms with Crippen LogP contribution in [0.15, 0.2) is 48.5 Å². The Kier molecular flexibility index (Phi) is 8.30. The Hall–Kier alpha value is -2.53. The van der Waals surface area contributed by atoms with Crippen LogP contribution in [0.5, 0.6) is 5.75 Å². The molecule has 2 aromatic carbocycles. The van der Waals surface area contributed by atoms with Crippen molar-refractivity contribution in [3.8, 4) is 5.75 Å². The molecular formula is C24H31ClN2O3. The summed E-state index contributed by atoms with van der Waals surface area (Å²) in [6.45, 7) is 9.83. The summed E-state index contributed by atoms with van der Waals surface area (Å²) in [5.41, 5.74) is 1.68. The quantitative estimate of drug-likeness (QED) is 0.657. The number of rotatable bonds is 8. The minimum Gasteiger partial charge on any atom is -0.484 e. The zero-order valence-electron chi connectivity index (χ0n) is 18.4. The van der Waals surface area contributed by atoms with Crippen LogP contribution in [0.2, 0.25) is 5.02 Å². The summed E-state index contributed by atoms with van der Waals surface area (Å²) >= 11 is 5.99. The number of hydrogen-bond donors (Lipinski definition) is 1. The van der Waals surface area contributed by atoms with Crippen LogP contribution in [0.25, 0.3) is 0 Å². The van der Waals surface area contributed by atoms with E-state index in [1.165, 1.54) is 0 Å². The smallest absolute Gasteiger partial charge is 0.261 e. The third kappa shape index (κ3) is 7.38. The van der Waals surface area contributed by atoms with Gasteiger partial charge in [0, 0.05) is 17.1 Å². The van der Waals surface area contributed by atoms with Crippen LogP contribution < -0.4 is 10.1 Å². The molecule has 162 valence electrons. The fraction of sp³-hybridized carbons (Fsp3) is 0.417. The van der Waals surface area contributed by atoms with Crippen LogP contribution in [0.1, 0.15) is 45.2 Å². The Morgan fingerprint density at radius 3 is 2.43 bits per heavy atom. The first-order valence-electron chi connectivity index (χ1n) is 10.1. The van der Waals surface area contributed by atoms with E-state index in [9.17, 15) is 9.59 Å². The number of carbonyl (C=O) groups excluding carboxylic acids is 2. The van der Waals surface area contributed by atoms with Crippen LogP contribution in [0.3, 0.4) is 0 Å². The van der Waals surface area contributed by atoms with E-state index in [1.807, 2.05) is 58.9 Å². The molecule has 0 saturated heterocycles. The lowest BCUT2D eigenvalue weighted by atomic mass is 10.1. The van der Waals surface area contributed by atoms with Gasteiger partial charge in [0.1, 0.15) is 11.8 Å². The molecule has 0 aliphatic rings. The highest BCUT2D eigenvalue weighted by molar-refractivity contribution is 6.30. The van der Waals surface area contributed by atoms with E-state index in [1.54, 1.807) is 29.2 Å². The zero-order valence-corrected chi connectivity index (χ0v) is 19.1. The lowest BCUT2D eigenvalue weighted by Crippen LogP contribution is -2.54. The Balaban J connectivity index is 2.24. The standard InChI is InChI=1S/C24H31ClN2O3/c1-6-21(23(29)26-24(3,4)5)27(15-18-10-7-9-17(2)13-18)22(28)16-30-20-12-8-11-19(25)14-20/h7-14,21H,6,15-16H2,1-5H3,(H,26,29). The van der Waals surface area contributed by atoms with Gasteiger partial charge in [0.15, 0.2) is 6.61 Å². The first-order chi connectivity index (χ1) is 14.1. The summed E-state index contributed by atoms with van der Waals surface area (Å²) in [6.07, 6.45) is 0.497. The molecule has 2 amide bonds. The maximum Gasteiger partial charge on any atom is 0.261 e. The van der Waals surface area contributed by atoms with Gasteiger partial charge < -0.3 is 15.0 Å². The van der Waals surface area contributed by atoms with Crippen molar-refractivity contribution in [3.63, 3.8) is 0 Å². The number of benzene rings is 2. The third-order valence-corrected chi connectivity index (χ3v) is 4.71. The molecule has 2 aromatic rings. The Morgan fingerprint density at radius 1 is 1.13 bits per heavy atom.